The Labute approximate surface area is 89.5 Å². The van der Waals surface area contributed by atoms with Crippen molar-refractivity contribution >= 4 is 14.1 Å². The van der Waals surface area contributed by atoms with Crippen molar-refractivity contribution < 1.29 is 44.1 Å². The Hall–Kier alpha value is -0.960. The van der Waals surface area contributed by atoms with Crippen molar-refractivity contribution in [2.24, 2.45) is 0 Å². The summed E-state index contributed by atoms with van der Waals surface area (Å²) < 4.78 is 8.39. The molecular weight excluding hydrogens is 247 g/mol. The summed E-state index contributed by atoms with van der Waals surface area (Å²) in [6, 6.07) is 0. The number of ether oxygens (including phenoxy) is 1. The zero-order chi connectivity index (χ0) is 12.5. The van der Waals surface area contributed by atoms with Gasteiger partial charge < -0.3 is 0 Å². The molecule has 0 saturated heterocycles. The van der Waals surface area contributed by atoms with Crippen LogP contribution in [0.15, 0.2) is 11.5 Å². The quantitative estimate of drug-likeness (QED) is 0.235. The van der Waals surface area contributed by atoms with E-state index in [2.05, 4.69) is 9.26 Å². The Kier molecular flexibility index (Phi) is 3.68. The molecule has 0 aromatic heterocycles. The van der Waals surface area contributed by atoms with Gasteiger partial charge in [-0.25, -0.2) is 0 Å². The SMILES string of the molecule is O=C1O[C@@H](C(O)CO)C(O)=C1O[PH](O)(O)O. The van der Waals surface area contributed by atoms with E-state index in [1.807, 2.05) is 0 Å². The average molecular weight is 258 g/mol. The second-order valence-corrected chi connectivity index (χ2v) is 4.32. The average Bonchev–Trinajstić information content (AvgIpc) is 2.42. The second-order valence-electron chi connectivity index (χ2n) is 2.97. The van der Waals surface area contributed by atoms with E-state index in [4.69, 9.17) is 24.9 Å². The number of aliphatic hydroxyl groups is 3. The fourth-order valence-electron chi connectivity index (χ4n) is 1.05. The van der Waals surface area contributed by atoms with Gasteiger partial charge in [0.05, 0.1) is 0 Å². The van der Waals surface area contributed by atoms with Gasteiger partial charge in [0.1, 0.15) is 0 Å². The van der Waals surface area contributed by atoms with Gasteiger partial charge in [0.2, 0.25) is 0 Å². The molecule has 0 saturated carbocycles. The summed E-state index contributed by atoms with van der Waals surface area (Å²) in [7, 11) is -5.04. The molecule has 0 aliphatic carbocycles. The Bertz CT molecular complexity index is 318. The van der Waals surface area contributed by atoms with Crippen LogP contribution >= 0.6 is 8.17 Å². The zero-order valence-electron chi connectivity index (χ0n) is 7.77. The molecule has 0 aromatic rings. The number of hydrogen-bond donors (Lipinski definition) is 6. The number of cyclic esters (lactones) is 1. The van der Waals surface area contributed by atoms with Gasteiger partial charge in [-0.15, -0.1) is 0 Å². The van der Waals surface area contributed by atoms with Crippen LogP contribution in [-0.2, 0) is 14.1 Å². The van der Waals surface area contributed by atoms with Gasteiger partial charge in [0.25, 0.3) is 0 Å². The van der Waals surface area contributed by atoms with E-state index >= 15 is 0 Å². The van der Waals surface area contributed by atoms with E-state index in [0.29, 0.717) is 0 Å². The van der Waals surface area contributed by atoms with Crippen LogP contribution in [0.3, 0.4) is 0 Å². The summed E-state index contributed by atoms with van der Waals surface area (Å²) >= 11 is 0. The minimum atomic E-state index is -5.04. The van der Waals surface area contributed by atoms with Crippen molar-refractivity contribution in [1.82, 2.24) is 0 Å². The first-order valence-corrected chi connectivity index (χ1v) is 5.80. The van der Waals surface area contributed by atoms with Crippen LogP contribution in [0.25, 0.3) is 0 Å². The number of esters is 1. The van der Waals surface area contributed by atoms with Crippen molar-refractivity contribution in [3.05, 3.63) is 11.5 Å². The Morgan fingerprint density at radius 2 is 2.00 bits per heavy atom. The molecule has 0 fully saturated rings. The van der Waals surface area contributed by atoms with Gasteiger partial charge in [0.15, 0.2) is 0 Å². The van der Waals surface area contributed by atoms with E-state index in [9.17, 15) is 9.90 Å². The summed E-state index contributed by atoms with van der Waals surface area (Å²) in [5.41, 5.74) is 0. The Balaban J connectivity index is 2.89. The summed E-state index contributed by atoms with van der Waals surface area (Å²) in [6.45, 7) is -0.796. The molecule has 1 aliphatic rings. The second kappa shape index (κ2) is 4.50. The molecule has 0 spiro atoms. The Morgan fingerprint density at radius 1 is 1.44 bits per heavy atom. The first-order valence-electron chi connectivity index (χ1n) is 4.05. The predicted octanol–water partition coefficient (Wildman–Crippen LogP) is -2.56. The molecule has 2 atom stereocenters. The molecule has 16 heavy (non-hydrogen) atoms. The van der Waals surface area contributed by atoms with Crippen LogP contribution < -0.4 is 0 Å². The number of hydrogen-bond acceptors (Lipinski definition) is 9. The molecule has 10 heteroatoms. The van der Waals surface area contributed by atoms with E-state index in [1.165, 1.54) is 0 Å². The molecule has 0 aromatic carbocycles. The van der Waals surface area contributed by atoms with Gasteiger partial charge in [-0.05, 0) is 0 Å². The van der Waals surface area contributed by atoms with E-state index in [1.54, 1.807) is 0 Å². The molecular formula is C6H11O9P. The molecule has 0 amide bonds. The van der Waals surface area contributed by atoms with Crippen molar-refractivity contribution in [3.8, 4) is 0 Å². The monoisotopic (exact) mass is 258 g/mol. The van der Waals surface area contributed by atoms with Crippen LogP contribution in [-0.4, -0.2) is 54.8 Å². The van der Waals surface area contributed by atoms with Crippen molar-refractivity contribution in [3.63, 3.8) is 0 Å². The summed E-state index contributed by atoms with van der Waals surface area (Å²) in [4.78, 5) is 36.7. The summed E-state index contributed by atoms with van der Waals surface area (Å²) in [5.74, 6) is -3.22. The maximum absolute atomic E-state index is 11.0. The fourth-order valence-corrected chi connectivity index (χ4v) is 1.51. The van der Waals surface area contributed by atoms with E-state index in [0.717, 1.165) is 0 Å². The minimum absolute atomic E-state index is 0.796. The first kappa shape index (κ1) is 13.1. The molecule has 9 nitrogen and oxygen atoms in total. The van der Waals surface area contributed by atoms with Gasteiger partial charge in [-0.2, -0.15) is 0 Å². The first-order chi connectivity index (χ1) is 7.26. The fraction of sp³-hybridized carbons (Fsp3) is 0.500. The van der Waals surface area contributed by atoms with Crippen LogP contribution in [0.2, 0.25) is 0 Å². The van der Waals surface area contributed by atoms with Gasteiger partial charge in [-0.1, -0.05) is 0 Å². The standard InChI is InChI=1S/C6H11O9P/c7-1-2(8)4-3(9)5(6(10)14-4)15-16(11,12)13/h2,4,7-9,11-13,16H,1H2/t2?,4-/m0/s1. The van der Waals surface area contributed by atoms with Gasteiger partial charge >= 0.3 is 88.5 Å². The van der Waals surface area contributed by atoms with Crippen LogP contribution in [0.1, 0.15) is 0 Å². The molecule has 1 unspecified atom stereocenters. The van der Waals surface area contributed by atoms with E-state index in [-0.39, 0.29) is 0 Å². The molecule has 1 rings (SSSR count). The number of aliphatic hydroxyl groups excluding tert-OH is 3. The van der Waals surface area contributed by atoms with Gasteiger partial charge in [0, 0.05) is 0 Å². The third-order valence-corrected chi connectivity index (χ3v) is 2.18. The predicted molar refractivity (Wildman–Crippen MR) is 48.7 cm³/mol. The summed E-state index contributed by atoms with van der Waals surface area (Å²) in [6.07, 6.45) is -3.15. The van der Waals surface area contributed by atoms with Crippen molar-refractivity contribution in [2.75, 3.05) is 6.61 Å². The topological polar surface area (TPSA) is 157 Å². The summed E-state index contributed by atoms with van der Waals surface area (Å²) in [5, 5.41) is 27.0. The van der Waals surface area contributed by atoms with Crippen molar-refractivity contribution in [1.29, 1.82) is 0 Å². The third-order valence-electron chi connectivity index (χ3n) is 1.70. The number of carbonyl (C=O) groups excluding carboxylic acids is 1. The van der Waals surface area contributed by atoms with Crippen molar-refractivity contribution in [2.45, 2.75) is 12.2 Å². The molecule has 6 N–H and O–H groups in total. The van der Waals surface area contributed by atoms with Crippen LogP contribution in [0.4, 0.5) is 0 Å². The maximum atomic E-state index is 11.0. The molecule has 1 heterocycles. The van der Waals surface area contributed by atoms with Crippen LogP contribution in [0, 0.1) is 0 Å². The normalized spacial score (nSPS) is 24.3. The molecule has 1 aliphatic heterocycles. The van der Waals surface area contributed by atoms with Crippen LogP contribution in [0.5, 0.6) is 0 Å². The number of carbonyl (C=O) groups is 1. The molecule has 0 bridgehead atoms. The molecule has 94 valence electrons. The third kappa shape index (κ3) is 2.79. The Morgan fingerprint density at radius 3 is 2.44 bits per heavy atom. The van der Waals surface area contributed by atoms with Gasteiger partial charge in [-0.3, -0.25) is 0 Å². The molecule has 0 radical (unpaired) electrons. The number of rotatable bonds is 4. The zero-order valence-corrected chi connectivity index (χ0v) is 8.77. The van der Waals surface area contributed by atoms with E-state index < -0.39 is 44.5 Å².